The highest BCUT2D eigenvalue weighted by Crippen LogP contribution is 2.31. The van der Waals surface area contributed by atoms with E-state index >= 15 is 0 Å². The van der Waals surface area contributed by atoms with E-state index in [9.17, 15) is 18.0 Å². The normalized spacial score (nSPS) is 16.9. The Kier molecular flexibility index (Phi) is 5.28. The molecule has 0 spiro atoms. The van der Waals surface area contributed by atoms with E-state index in [1.807, 2.05) is 0 Å². The maximum Gasteiger partial charge on any atom is 0.417 e. The molecule has 1 aromatic rings. The molecule has 1 aliphatic heterocycles. The van der Waals surface area contributed by atoms with Crippen LogP contribution in [0, 0.1) is 0 Å². The van der Waals surface area contributed by atoms with Crippen molar-refractivity contribution in [2.45, 2.75) is 19.0 Å². The van der Waals surface area contributed by atoms with Gasteiger partial charge in [-0.25, -0.2) is 0 Å². The molecule has 0 atom stereocenters. The fraction of sp³-hybridized carbons (Fsp3) is 0.571. The van der Waals surface area contributed by atoms with E-state index < -0.39 is 11.7 Å². The Morgan fingerprint density at radius 3 is 2.59 bits per heavy atom. The first-order chi connectivity index (χ1) is 10.3. The SMILES string of the molecule is C[NH+]1CCN(C(=O)CCc2ncc(C(F)(F)F)cc2Cl)CC1. The quantitative estimate of drug-likeness (QED) is 0.896. The maximum absolute atomic E-state index is 12.5. The number of likely N-dealkylation sites (N-methyl/N-ethyl adjacent to an activating group) is 1. The van der Waals surface area contributed by atoms with Crippen molar-refractivity contribution in [3.05, 3.63) is 28.5 Å². The third-order valence-corrected chi connectivity index (χ3v) is 4.12. The molecule has 22 heavy (non-hydrogen) atoms. The number of alkyl halides is 3. The number of aromatic nitrogens is 1. The van der Waals surface area contributed by atoms with Crippen molar-refractivity contribution in [1.82, 2.24) is 9.88 Å². The summed E-state index contributed by atoms with van der Waals surface area (Å²) in [7, 11) is 2.08. The van der Waals surface area contributed by atoms with Crippen molar-refractivity contribution < 1.29 is 22.9 Å². The van der Waals surface area contributed by atoms with Gasteiger partial charge in [-0.3, -0.25) is 9.78 Å². The zero-order valence-corrected chi connectivity index (χ0v) is 13.0. The van der Waals surface area contributed by atoms with Crippen molar-refractivity contribution in [1.29, 1.82) is 0 Å². The summed E-state index contributed by atoms with van der Waals surface area (Å²) < 4.78 is 37.6. The van der Waals surface area contributed by atoms with Crippen molar-refractivity contribution >= 4 is 17.5 Å². The number of rotatable bonds is 3. The number of carbonyl (C=O) groups excluding carboxylic acids is 1. The zero-order valence-electron chi connectivity index (χ0n) is 12.2. The van der Waals surface area contributed by atoms with Crippen LogP contribution >= 0.6 is 11.6 Å². The summed E-state index contributed by atoms with van der Waals surface area (Å²) in [6, 6.07) is 0.855. The van der Waals surface area contributed by atoms with Crippen LogP contribution in [0.25, 0.3) is 0 Å². The monoisotopic (exact) mass is 336 g/mol. The van der Waals surface area contributed by atoms with Crippen LogP contribution in [-0.2, 0) is 17.4 Å². The average molecular weight is 337 g/mol. The molecule has 1 amide bonds. The van der Waals surface area contributed by atoms with Gasteiger partial charge in [0.05, 0.1) is 49.5 Å². The van der Waals surface area contributed by atoms with Gasteiger partial charge >= 0.3 is 6.18 Å². The van der Waals surface area contributed by atoms with Crippen LogP contribution in [0.15, 0.2) is 12.3 Å². The van der Waals surface area contributed by atoms with E-state index in [1.165, 1.54) is 4.90 Å². The van der Waals surface area contributed by atoms with Gasteiger partial charge in [-0.05, 0) is 12.5 Å². The summed E-state index contributed by atoms with van der Waals surface area (Å²) in [5.74, 6) is -0.00901. The molecule has 0 bridgehead atoms. The van der Waals surface area contributed by atoms with E-state index in [0.29, 0.717) is 18.8 Å². The minimum atomic E-state index is -4.47. The molecule has 122 valence electrons. The van der Waals surface area contributed by atoms with Crippen LogP contribution < -0.4 is 4.90 Å². The first-order valence-corrected chi connectivity index (χ1v) is 7.46. The molecule has 0 aromatic carbocycles. The predicted octanol–water partition coefficient (Wildman–Crippen LogP) is 1.04. The van der Waals surface area contributed by atoms with Gasteiger partial charge in [-0.15, -0.1) is 0 Å². The lowest BCUT2D eigenvalue weighted by Crippen LogP contribution is -3.12. The van der Waals surface area contributed by atoms with Crippen molar-refractivity contribution in [2.24, 2.45) is 0 Å². The molecular weight excluding hydrogens is 319 g/mol. The minimum Gasteiger partial charge on any atom is -0.334 e. The fourth-order valence-electron chi connectivity index (χ4n) is 2.33. The Morgan fingerprint density at radius 1 is 1.41 bits per heavy atom. The highest BCUT2D eigenvalue weighted by atomic mass is 35.5. The molecular formula is C14H18ClF3N3O+. The number of piperazine rings is 1. The van der Waals surface area contributed by atoms with Gasteiger partial charge in [0.2, 0.25) is 5.91 Å². The number of hydrogen-bond donors (Lipinski definition) is 1. The lowest BCUT2D eigenvalue weighted by Gasteiger charge is -2.30. The second-order valence-electron chi connectivity index (χ2n) is 5.49. The summed E-state index contributed by atoms with van der Waals surface area (Å²) in [5.41, 5.74) is -0.558. The van der Waals surface area contributed by atoms with Gasteiger partial charge in [0.25, 0.3) is 0 Å². The second-order valence-corrected chi connectivity index (χ2v) is 5.90. The molecule has 0 unspecified atom stereocenters. The van der Waals surface area contributed by atoms with Crippen LogP contribution in [0.2, 0.25) is 5.02 Å². The highest BCUT2D eigenvalue weighted by molar-refractivity contribution is 6.31. The predicted molar refractivity (Wildman–Crippen MR) is 75.8 cm³/mol. The summed E-state index contributed by atoms with van der Waals surface area (Å²) in [5, 5.41) is -0.0505. The molecule has 0 saturated carbocycles. The van der Waals surface area contributed by atoms with Gasteiger partial charge in [0, 0.05) is 12.6 Å². The van der Waals surface area contributed by atoms with Crippen molar-refractivity contribution in [2.75, 3.05) is 33.2 Å². The van der Waals surface area contributed by atoms with Crippen LogP contribution in [0.1, 0.15) is 17.7 Å². The Morgan fingerprint density at radius 2 is 2.05 bits per heavy atom. The number of quaternary nitrogens is 1. The second kappa shape index (κ2) is 6.83. The third-order valence-electron chi connectivity index (χ3n) is 3.79. The van der Waals surface area contributed by atoms with Gasteiger partial charge < -0.3 is 9.80 Å². The van der Waals surface area contributed by atoms with Gasteiger partial charge in [-0.1, -0.05) is 11.6 Å². The molecule has 1 saturated heterocycles. The topological polar surface area (TPSA) is 37.6 Å². The first kappa shape index (κ1) is 17.0. The van der Waals surface area contributed by atoms with E-state index in [4.69, 9.17) is 11.6 Å². The number of nitrogens with one attached hydrogen (secondary N) is 1. The Hall–Kier alpha value is -1.34. The van der Waals surface area contributed by atoms with E-state index in [2.05, 4.69) is 12.0 Å². The van der Waals surface area contributed by atoms with E-state index in [0.717, 1.165) is 25.4 Å². The smallest absolute Gasteiger partial charge is 0.334 e. The van der Waals surface area contributed by atoms with Crippen LogP contribution in [0.3, 0.4) is 0 Å². The number of halogens is 4. The van der Waals surface area contributed by atoms with Crippen LogP contribution in [-0.4, -0.2) is 49.0 Å². The Labute approximate surface area is 131 Å². The molecule has 1 aliphatic rings. The molecule has 1 fully saturated rings. The number of aryl methyl sites for hydroxylation is 1. The van der Waals surface area contributed by atoms with Gasteiger partial charge in [0.15, 0.2) is 0 Å². The Balaban J connectivity index is 1.93. The Bertz CT molecular complexity index is 543. The maximum atomic E-state index is 12.5. The minimum absolute atomic E-state index is 0.00901. The summed E-state index contributed by atoms with van der Waals surface area (Å²) in [4.78, 5) is 19.0. The molecule has 1 aromatic heterocycles. The molecule has 4 nitrogen and oxygen atoms in total. The summed E-state index contributed by atoms with van der Waals surface area (Å²) in [6.07, 6.45) is -3.26. The molecule has 1 N–H and O–H groups in total. The highest BCUT2D eigenvalue weighted by Gasteiger charge is 2.31. The third kappa shape index (κ3) is 4.33. The standard InChI is InChI=1S/C14H17ClF3N3O/c1-20-4-6-21(7-5-20)13(22)3-2-12-11(15)8-10(9-19-12)14(16,17)18/h8-9H,2-7H2,1H3/p+1. The zero-order chi connectivity index (χ0) is 16.3. The molecule has 8 heteroatoms. The number of amides is 1. The lowest BCUT2D eigenvalue weighted by molar-refractivity contribution is -0.883. The largest absolute Gasteiger partial charge is 0.417 e. The van der Waals surface area contributed by atoms with Crippen LogP contribution in [0.4, 0.5) is 13.2 Å². The number of pyridine rings is 1. The van der Waals surface area contributed by atoms with Crippen molar-refractivity contribution in [3.63, 3.8) is 0 Å². The van der Waals surface area contributed by atoms with E-state index in [-0.39, 0.29) is 23.8 Å². The fourth-order valence-corrected chi connectivity index (χ4v) is 2.59. The van der Waals surface area contributed by atoms with Gasteiger partial charge in [-0.2, -0.15) is 13.2 Å². The van der Waals surface area contributed by atoms with E-state index in [1.54, 1.807) is 4.90 Å². The molecule has 0 aliphatic carbocycles. The summed E-state index contributed by atoms with van der Waals surface area (Å²) in [6.45, 7) is 3.23. The lowest BCUT2D eigenvalue weighted by atomic mass is 10.1. The summed E-state index contributed by atoms with van der Waals surface area (Å²) >= 11 is 5.83. The molecule has 2 rings (SSSR count). The molecule has 0 radical (unpaired) electrons. The molecule has 2 heterocycles. The number of hydrogen-bond acceptors (Lipinski definition) is 2. The number of carbonyl (C=O) groups is 1. The van der Waals surface area contributed by atoms with Crippen LogP contribution in [0.5, 0.6) is 0 Å². The van der Waals surface area contributed by atoms with Gasteiger partial charge in [0.1, 0.15) is 0 Å². The first-order valence-electron chi connectivity index (χ1n) is 7.08. The van der Waals surface area contributed by atoms with Crippen molar-refractivity contribution in [3.8, 4) is 0 Å². The number of nitrogens with zero attached hydrogens (tertiary/aromatic N) is 2. The average Bonchev–Trinajstić information content (AvgIpc) is 2.45.